The summed E-state index contributed by atoms with van der Waals surface area (Å²) in [6.07, 6.45) is 6.93. The minimum absolute atomic E-state index is 0.282. The van der Waals surface area contributed by atoms with Crippen molar-refractivity contribution in [3.63, 3.8) is 0 Å². The summed E-state index contributed by atoms with van der Waals surface area (Å²) in [4.78, 5) is 20.3. The van der Waals surface area contributed by atoms with Crippen molar-refractivity contribution >= 4 is 28.6 Å². The highest BCUT2D eigenvalue weighted by Crippen LogP contribution is 2.42. The van der Waals surface area contributed by atoms with Crippen molar-refractivity contribution in [1.29, 1.82) is 0 Å². The molecule has 3 aliphatic heterocycles. The maximum atomic E-state index is 5.89. The largest absolute Gasteiger partial charge is 0.374 e. The number of benzene rings is 1. The van der Waals surface area contributed by atoms with Crippen molar-refractivity contribution in [3.8, 4) is 0 Å². The number of piperidine rings is 1. The van der Waals surface area contributed by atoms with Crippen molar-refractivity contribution in [3.05, 3.63) is 41.9 Å². The summed E-state index contributed by atoms with van der Waals surface area (Å²) >= 11 is 0. The molecule has 0 amide bonds. The lowest BCUT2D eigenvalue weighted by Gasteiger charge is -2.45. The van der Waals surface area contributed by atoms with Crippen LogP contribution in [0.1, 0.15) is 43.0 Å². The number of hydrogen-bond donors (Lipinski definition) is 2. The fraction of sp³-hybridized carbons (Fsp3) is 0.455. The van der Waals surface area contributed by atoms with E-state index in [-0.39, 0.29) is 6.10 Å². The summed E-state index contributed by atoms with van der Waals surface area (Å²) in [7, 11) is 0. The molecular formula is C22H24N8O. The molecular weight excluding hydrogens is 392 g/mol. The fourth-order valence-corrected chi connectivity index (χ4v) is 4.86. The van der Waals surface area contributed by atoms with Gasteiger partial charge in [-0.2, -0.15) is 19.6 Å². The van der Waals surface area contributed by atoms with Gasteiger partial charge in [-0.15, -0.1) is 0 Å². The number of nitrogens with one attached hydrogen (secondary N) is 2. The zero-order chi connectivity index (χ0) is 20.4. The predicted molar refractivity (Wildman–Crippen MR) is 116 cm³/mol. The molecule has 9 nitrogen and oxygen atoms in total. The molecule has 0 spiro atoms. The summed E-state index contributed by atoms with van der Waals surface area (Å²) in [5.74, 6) is 2.92. The molecule has 1 saturated carbocycles. The van der Waals surface area contributed by atoms with Crippen molar-refractivity contribution in [2.75, 3.05) is 23.4 Å². The average Bonchev–Trinajstić information content (AvgIpc) is 3.43. The third-order valence-electron chi connectivity index (χ3n) is 6.70. The van der Waals surface area contributed by atoms with Gasteiger partial charge in [0.2, 0.25) is 11.9 Å². The molecule has 4 aromatic rings. The fourth-order valence-electron chi connectivity index (χ4n) is 4.86. The molecule has 6 heterocycles. The summed E-state index contributed by atoms with van der Waals surface area (Å²) in [6, 6.07) is 8.41. The number of para-hydroxylation sites is 2. The molecule has 1 aliphatic carbocycles. The Labute approximate surface area is 178 Å². The summed E-state index contributed by atoms with van der Waals surface area (Å²) in [5, 5.41) is 8.08. The molecule has 1 aromatic carbocycles. The quantitative estimate of drug-likeness (QED) is 0.516. The van der Waals surface area contributed by atoms with Gasteiger partial charge in [-0.1, -0.05) is 12.1 Å². The van der Waals surface area contributed by atoms with Gasteiger partial charge in [0.05, 0.1) is 42.5 Å². The van der Waals surface area contributed by atoms with Crippen molar-refractivity contribution in [2.45, 2.75) is 50.3 Å². The van der Waals surface area contributed by atoms with Gasteiger partial charge in [0.1, 0.15) is 5.82 Å². The van der Waals surface area contributed by atoms with Crippen LogP contribution in [0, 0.1) is 0 Å². The molecule has 4 fully saturated rings. The summed E-state index contributed by atoms with van der Waals surface area (Å²) in [5.41, 5.74) is 4.15. The maximum Gasteiger partial charge on any atom is 0.231 e. The second-order valence-electron chi connectivity index (χ2n) is 8.85. The molecule has 31 heavy (non-hydrogen) atoms. The Morgan fingerprint density at radius 3 is 2.81 bits per heavy atom. The number of anilines is 2. The zero-order valence-corrected chi connectivity index (χ0v) is 17.2. The lowest BCUT2D eigenvalue weighted by molar-refractivity contribution is -0.0232. The SMILES string of the molecule is c1ccc2[nH]c(CNc3nc(N4C[C@@H]5CC[C@H]4CO5)nc4c(C5CC5)cnn34)nc2c1. The molecule has 9 heteroatoms. The van der Waals surface area contributed by atoms with Gasteiger partial charge in [-0.05, 0) is 43.7 Å². The molecule has 158 valence electrons. The molecule has 0 unspecified atom stereocenters. The summed E-state index contributed by atoms with van der Waals surface area (Å²) in [6.45, 7) is 2.15. The first-order valence-corrected chi connectivity index (χ1v) is 11.1. The van der Waals surface area contributed by atoms with E-state index in [1.54, 1.807) is 0 Å². The standard InChI is InChI=1S/C22H24N8O/c1-2-4-18-17(3-1)25-19(26-18)10-23-21-28-22(29-11-15-8-7-14(29)12-31-15)27-20-16(13-5-6-13)9-24-30(20)21/h1-4,9,13-15H,5-8,10-12H2,(H,25,26)(H,23,27,28)/t14-,15-/m0/s1. The van der Waals surface area contributed by atoms with Crippen LogP contribution in [-0.2, 0) is 11.3 Å². The average molecular weight is 416 g/mol. The van der Waals surface area contributed by atoms with Gasteiger partial charge in [0, 0.05) is 12.1 Å². The first-order valence-electron chi connectivity index (χ1n) is 11.1. The highest BCUT2D eigenvalue weighted by molar-refractivity contribution is 5.74. The van der Waals surface area contributed by atoms with Crippen LogP contribution in [0.3, 0.4) is 0 Å². The Morgan fingerprint density at radius 1 is 1.10 bits per heavy atom. The minimum Gasteiger partial charge on any atom is -0.374 e. The van der Waals surface area contributed by atoms with E-state index < -0.39 is 0 Å². The monoisotopic (exact) mass is 416 g/mol. The third-order valence-corrected chi connectivity index (χ3v) is 6.70. The number of morpholine rings is 1. The molecule has 3 aromatic heterocycles. The predicted octanol–water partition coefficient (Wildman–Crippen LogP) is 2.86. The van der Waals surface area contributed by atoms with Crippen LogP contribution in [-0.4, -0.2) is 54.8 Å². The molecule has 0 radical (unpaired) electrons. The Bertz CT molecular complexity index is 1230. The summed E-state index contributed by atoms with van der Waals surface area (Å²) < 4.78 is 7.74. The van der Waals surface area contributed by atoms with Crippen LogP contribution in [0.5, 0.6) is 0 Å². The van der Waals surface area contributed by atoms with E-state index >= 15 is 0 Å². The third kappa shape index (κ3) is 2.95. The molecule has 2 atom stereocenters. The first kappa shape index (κ1) is 17.5. The van der Waals surface area contributed by atoms with Gasteiger partial charge in [0.25, 0.3) is 0 Å². The second-order valence-corrected chi connectivity index (χ2v) is 8.85. The van der Waals surface area contributed by atoms with Crippen LogP contribution < -0.4 is 10.2 Å². The normalized spacial score (nSPS) is 23.2. The van der Waals surface area contributed by atoms with E-state index in [0.717, 1.165) is 54.4 Å². The van der Waals surface area contributed by atoms with E-state index in [1.165, 1.54) is 18.4 Å². The number of rotatable bonds is 5. The number of ether oxygens (including phenoxy) is 1. The van der Waals surface area contributed by atoms with E-state index in [1.807, 2.05) is 35.0 Å². The smallest absolute Gasteiger partial charge is 0.231 e. The van der Waals surface area contributed by atoms with E-state index in [0.29, 0.717) is 24.5 Å². The highest BCUT2D eigenvalue weighted by Gasteiger charge is 2.37. The highest BCUT2D eigenvalue weighted by atomic mass is 16.5. The Balaban J connectivity index is 1.26. The number of aromatic nitrogens is 6. The number of imidazole rings is 1. The number of hydrogen-bond acceptors (Lipinski definition) is 7. The molecule has 3 saturated heterocycles. The van der Waals surface area contributed by atoms with Gasteiger partial charge < -0.3 is 19.9 Å². The second kappa shape index (κ2) is 6.65. The van der Waals surface area contributed by atoms with Gasteiger partial charge in [-0.25, -0.2) is 4.98 Å². The first-order chi connectivity index (χ1) is 15.3. The Hall–Kier alpha value is -3.20. The number of H-pyrrole nitrogens is 1. The van der Waals surface area contributed by atoms with Gasteiger partial charge in [0.15, 0.2) is 5.65 Å². The molecule has 4 aliphatic rings. The van der Waals surface area contributed by atoms with Gasteiger partial charge >= 0.3 is 0 Å². The minimum atomic E-state index is 0.282. The lowest BCUT2D eigenvalue weighted by atomic mass is 9.97. The van der Waals surface area contributed by atoms with Crippen molar-refractivity contribution in [2.24, 2.45) is 0 Å². The van der Waals surface area contributed by atoms with E-state index in [9.17, 15) is 0 Å². The molecule has 2 bridgehead atoms. The van der Waals surface area contributed by atoms with Crippen molar-refractivity contribution < 1.29 is 4.74 Å². The van der Waals surface area contributed by atoms with Gasteiger partial charge in [-0.3, -0.25) is 0 Å². The zero-order valence-electron chi connectivity index (χ0n) is 17.2. The number of fused-ring (bicyclic) bond motifs is 5. The Morgan fingerprint density at radius 2 is 2.03 bits per heavy atom. The van der Waals surface area contributed by atoms with Crippen LogP contribution in [0.2, 0.25) is 0 Å². The number of nitrogens with zero attached hydrogens (tertiary/aromatic N) is 6. The van der Waals surface area contributed by atoms with E-state index in [4.69, 9.17) is 14.7 Å². The molecule has 8 rings (SSSR count). The maximum absolute atomic E-state index is 5.89. The van der Waals surface area contributed by atoms with Crippen LogP contribution >= 0.6 is 0 Å². The Kier molecular flexibility index (Phi) is 3.75. The van der Waals surface area contributed by atoms with Crippen LogP contribution in [0.15, 0.2) is 30.5 Å². The van der Waals surface area contributed by atoms with Crippen LogP contribution in [0.25, 0.3) is 16.7 Å². The van der Waals surface area contributed by atoms with Crippen molar-refractivity contribution in [1.82, 2.24) is 29.5 Å². The van der Waals surface area contributed by atoms with Crippen LogP contribution in [0.4, 0.5) is 11.9 Å². The molecule has 2 N–H and O–H groups in total. The number of aromatic amines is 1. The topological polar surface area (TPSA) is 96.3 Å². The van der Waals surface area contributed by atoms with E-state index in [2.05, 4.69) is 25.3 Å². The lowest BCUT2D eigenvalue weighted by Crippen LogP contribution is -2.55.